The molecule has 2 aromatic rings. The first-order valence-electron chi connectivity index (χ1n) is 9.90. The van der Waals surface area contributed by atoms with Gasteiger partial charge < -0.3 is 30.9 Å². The Balaban J connectivity index is 2.03. The van der Waals surface area contributed by atoms with E-state index in [1.54, 1.807) is 12.1 Å². The number of guanidine groups is 1. The zero-order valence-electron chi connectivity index (χ0n) is 18.1. The highest BCUT2D eigenvalue weighted by molar-refractivity contribution is 7.89. The van der Waals surface area contributed by atoms with Crippen molar-refractivity contribution in [1.82, 2.24) is 4.72 Å². The van der Waals surface area contributed by atoms with E-state index >= 15 is 0 Å². The molecule has 2 aromatic carbocycles. The fourth-order valence-corrected chi connectivity index (χ4v) is 4.02. The van der Waals surface area contributed by atoms with Gasteiger partial charge >= 0.3 is 12.3 Å². The number of nitrogens with zero attached hydrogens (tertiary/aromatic N) is 1. The SMILES string of the molecule is NC(N)=NOCCCOc1ccc(CC(NS(=O)(=O)c2ccccc2OC(F)(F)F)C(=O)O)cc1. The van der Waals surface area contributed by atoms with Crippen LogP contribution in [-0.4, -0.2) is 51.1 Å². The first-order valence-corrected chi connectivity index (χ1v) is 11.4. The number of para-hydroxylation sites is 1. The van der Waals surface area contributed by atoms with Crippen molar-refractivity contribution in [3.8, 4) is 11.5 Å². The van der Waals surface area contributed by atoms with Gasteiger partial charge in [0.05, 0.1) is 6.61 Å². The standard InChI is InChI=1S/C20H23F3N4O7S/c21-20(22,23)34-16-4-1-2-5-17(16)35(30,31)27-15(18(28)29)12-13-6-8-14(9-7-13)32-10-3-11-33-26-19(24)25/h1-2,4-9,15,27H,3,10-12H2,(H,28,29)(H4,24,25,26). The van der Waals surface area contributed by atoms with E-state index in [1.165, 1.54) is 18.2 Å². The van der Waals surface area contributed by atoms with Crippen LogP contribution in [0.2, 0.25) is 0 Å². The van der Waals surface area contributed by atoms with Gasteiger partial charge in [-0.1, -0.05) is 24.3 Å². The maximum absolute atomic E-state index is 12.7. The van der Waals surface area contributed by atoms with E-state index in [2.05, 4.69) is 9.89 Å². The van der Waals surface area contributed by atoms with Crippen LogP contribution in [0.3, 0.4) is 0 Å². The second-order valence-corrected chi connectivity index (χ2v) is 8.59. The van der Waals surface area contributed by atoms with Crippen LogP contribution in [0, 0.1) is 0 Å². The van der Waals surface area contributed by atoms with Crippen LogP contribution in [0.25, 0.3) is 0 Å². The average molecular weight is 520 g/mol. The zero-order chi connectivity index (χ0) is 26.1. The van der Waals surface area contributed by atoms with Crippen molar-refractivity contribution in [1.29, 1.82) is 0 Å². The summed E-state index contributed by atoms with van der Waals surface area (Å²) in [7, 11) is -4.68. The fraction of sp³-hybridized carbons (Fsp3) is 0.300. The van der Waals surface area contributed by atoms with Crippen molar-refractivity contribution in [2.24, 2.45) is 16.6 Å². The molecule has 0 saturated heterocycles. The number of sulfonamides is 1. The van der Waals surface area contributed by atoms with E-state index in [9.17, 15) is 31.5 Å². The lowest BCUT2D eigenvalue weighted by Gasteiger charge is -2.17. The highest BCUT2D eigenvalue weighted by atomic mass is 32.2. The van der Waals surface area contributed by atoms with Crippen LogP contribution in [0.1, 0.15) is 12.0 Å². The Kier molecular flexibility index (Phi) is 9.53. The lowest BCUT2D eigenvalue weighted by Crippen LogP contribution is -2.42. The Morgan fingerprint density at radius 2 is 1.74 bits per heavy atom. The van der Waals surface area contributed by atoms with Gasteiger partial charge in [0, 0.05) is 6.42 Å². The maximum atomic E-state index is 12.7. The van der Waals surface area contributed by atoms with Gasteiger partial charge in [0.25, 0.3) is 0 Å². The number of benzene rings is 2. The second-order valence-electron chi connectivity index (χ2n) is 6.91. The molecule has 0 spiro atoms. The summed E-state index contributed by atoms with van der Waals surface area (Å²) in [6.07, 6.45) is -4.95. The largest absolute Gasteiger partial charge is 0.573 e. The summed E-state index contributed by atoms with van der Waals surface area (Å²) in [5, 5.41) is 12.8. The Bertz CT molecular complexity index is 1120. The van der Waals surface area contributed by atoms with Crippen molar-refractivity contribution >= 4 is 22.0 Å². The molecule has 192 valence electrons. The quantitative estimate of drug-likeness (QED) is 0.132. The summed E-state index contributed by atoms with van der Waals surface area (Å²) in [6, 6.07) is 8.48. The van der Waals surface area contributed by atoms with Crippen LogP contribution in [0.15, 0.2) is 58.6 Å². The predicted molar refractivity (Wildman–Crippen MR) is 117 cm³/mol. The molecule has 0 radical (unpaired) electrons. The molecule has 15 heteroatoms. The minimum atomic E-state index is -5.14. The molecule has 0 aromatic heterocycles. The van der Waals surface area contributed by atoms with Crippen molar-refractivity contribution in [2.75, 3.05) is 13.2 Å². The number of aliphatic carboxylic acids is 1. The number of rotatable bonds is 13. The minimum Gasteiger partial charge on any atom is -0.493 e. The second kappa shape index (κ2) is 12.1. The smallest absolute Gasteiger partial charge is 0.493 e. The van der Waals surface area contributed by atoms with Crippen molar-refractivity contribution in [3.63, 3.8) is 0 Å². The first-order chi connectivity index (χ1) is 16.4. The van der Waals surface area contributed by atoms with Crippen molar-refractivity contribution in [2.45, 2.75) is 30.1 Å². The van der Waals surface area contributed by atoms with Gasteiger partial charge in [-0.3, -0.25) is 4.79 Å². The van der Waals surface area contributed by atoms with Gasteiger partial charge in [0.2, 0.25) is 16.0 Å². The number of carboxylic acids is 1. The molecule has 0 aliphatic heterocycles. The normalized spacial score (nSPS) is 12.4. The average Bonchev–Trinajstić information content (AvgIpc) is 2.75. The number of nitrogens with one attached hydrogen (secondary N) is 1. The van der Waals surface area contributed by atoms with Crippen LogP contribution in [0.4, 0.5) is 13.2 Å². The van der Waals surface area contributed by atoms with Gasteiger partial charge in [-0.25, -0.2) is 8.42 Å². The number of ether oxygens (including phenoxy) is 2. The molecule has 2 rings (SSSR count). The third-order valence-electron chi connectivity index (χ3n) is 4.14. The number of alkyl halides is 3. The number of carbonyl (C=O) groups is 1. The predicted octanol–water partition coefficient (Wildman–Crippen LogP) is 1.53. The summed E-state index contributed by atoms with van der Waals surface area (Å²) in [5.74, 6) is -2.26. The lowest BCUT2D eigenvalue weighted by molar-refractivity contribution is -0.275. The molecule has 0 bridgehead atoms. The van der Waals surface area contributed by atoms with E-state index < -0.39 is 39.0 Å². The van der Waals surface area contributed by atoms with E-state index in [1.807, 2.05) is 4.72 Å². The topological polar surface area (TPSA) is 176 Å². The van der Waals surface area contributed by atoms with Crippen molar-refractivity contribution in [3.05, 3.63) is 54.1 Å². The highest BCUT2D eigenvalue weighted by Crippen LogP contribution is 2.29. The van der Waals surface area contributed by atoms with E-state index in [0.717, 1.165) is 18.2 Å². The Hall–Kier alpha value is -3.72. The Morgan fingerprint density at radius 1 is 1.09 bits per heavy atom. The van der Waals surface area contributed by atoms with Crippen LogP contribution in [0.5, 0.6) is 11.5 Å². The number of nitrogens with two attached hydrogens (primary N) is 2. The third kappa shape index (κ3) is 9.58. The van der Waals surface area contributed by atoms with Gasteiger partial charge in [-0.15, -0.1) is 13.2 Å². The molecule has 0 aliphatic carbocycles. The molecule has 0 heterocycles. The van der Waals surface area contributed by atoms with Gasteiger partial charge in [0.15, 0.2) is 0 Å². The maximum Gasteiger partial charge on any atom is 0.573 e. The van der Waals surface area contributed by atoms with E-state index in [-0.39, 0.29) is 25.6 Å². The summed E-state index contributed by atoms with van der Waals surface area (Å²) in [6.45, 7) is 0.490. The molecule has 11 nitrogen and oxygen atoms in total. The number of halogens is 3. The monoisotopic (exact) mass is 520 g/mol. The third-order valence-corrected chi connectivity index (χ3v) is 5.65. The number of hydrogen-bond acceptors (Lipinski definition) is 7. The number of carboxylic acid groups (broad SMARTS) is 1. The zero-order valence-corrected chi connectivity index (χ0v) is 18.9. The molecule has 35 heavy (non-hydrogen) atoms. The van der Waals surface area contributed by atoms with Crippen LogP contribution >= 0.6 is 0 Å². The summed E-state index contributed by atoms with van der Waals surface area (Å²) in [4.78, 5) is 15.6. The van der Waals surface area contributed by atoms with Gasteiger partial charge in [0.1, 0.15) is 29.0 Å². The summed E-state index contributed by atoms with van der Waals surface area (Å²) < 4.78 is 74.3. The molecule has 0 amide bonds. The van der Waals surface area contributed by atoms with Gasteiger partial charge in [-0.2, -0.15) is 4.72 Å². The molecule has 1 unspecified atom stereocenters. The minimum absolute atomic E-state index is 0.206. The van der Waals surface area contributed by atoms with Crippen molar-refractivity contribution < 1.29 is 45.8 Å². The molecule has 0 aliphatic rings. The molecular formula is C20H23F3N4O7S. The van der Waals surface area contributed by atoms with Gasteiger partial charge in [-0.05, 0) is 41.4 Å². The van der Waals surface area contributed by atoms with Crippen LogP contribution < -0.4 is 25.7 Å². The number of oxime groups is 1. The summed E-state index contributed by atoms with van der Waals surface area (Å²) in [5.41, 5.74) is 10.6. The fourth-order valence-electron chi connectivity index (χ4n) is 2.70. The van der Waals surface area contributed by atoms with Crippen LogP contribution in [-0.2, 0) is 26.1 Å². The first kappa shape index (κ1) is 27.5. The molecular weight excluding hydrogens is 497 g/mol. The lowest BCUT2D eigenvalue weighted by atomic mass is 10.1. The Labute approximate surface area is 198 Å². The molecule has 1 atom stereocenters. The Morgan fingerprint density at radius 3 is 2.34 bits per heavy atom. The highest BCUT2D eigenvalue weighted by Gasteiger charge is 2.35. The molecule has 0 saturated carbocycles. The van der Waals surface area contributed by atoms with E-state index in [4.69, 9.17) is 21.0 Å². The van der Waals surface area contributed by atoms with E-state index in [0.29, 0.717) is 17.7 Å². The number of hydrogen-bond donors (Lipinski definition) is 4. The summed E-state index contributed by atoms with van der Waals surface area (Å²) >= 11 is 0. The molecule has 6 N–H and O–H groups in total. The molecule has 0 fully saturated rings.